The fourth-order valence-corrected chi connectivity index (χ4v) is 11.3. The van der Waals surface area contributed by atoms with Crippen LogP contribution in [0, 0.1) is 0 Å². The SMILES string of the molecule is CC1(C)c2ccccc2N(c2cc3c(cc2N2c4ccccc4C(C)(C)c4ccccc42)P(c2ccccc2)c2ccccc2O3)c2ccccc21. The Bertz CT molecular complexity index is 2440. The van der Waals surface area contributed by atoms with Gasteiger partial charge in [-0.2, -0.15) is 0 Å². The highest BCUT2D eigenvalue weighted by atomic mass is 31.1. The molecule has 0 saturated heterocycles. The highest BCUT2D eigenvalue weighted by Crippen LogP contribution is 2.59. The van der Waals surface area contributed by atoms with Gasteiger partial charge in [-0.05, 0) is 71.9 Å². The fourth-order valence-electron chi connectivity index (χ4n) is 8.85. The van der Waals surface area contributed by atoms with Gasteiger partial charge in [0, 0.05) is 27.5 Å². The van der Waals surface area contributed by atoms with E-state index in [-0.39, 0.29) is 10.8 Å². The van der Waals surface area contributed by atoms with Crippen LogP contribution >= 0.6 is 7.92 Å². The molecule has 3 aliphatic rings. The van der Waals surface area contributed by atoms with E-state index in [2.05, 4.69) is 201 Å². The summed E-state index contributed by atoms with van der Waals surface area (Å²) >= 11 is 0. The number of hydrogen-bond acceptors (Lipinski definition) is 3. The van der Waals surface area contributed by atoms with Gasteiger partial charge in [-0.15, -0.1) is 0 Å². The lowest BCUT2D eigenvalue weighted by Crippen LogP contribution is -2.34. The Kier molecular flexibility index (Phi) is 6.85. The van der Waals surface area contributed by atoms with Crippen molar-refractivity contribution >= 4 is 58.0 Å². The molecule has 0 spiro atoms. The zero-order valence-electron chi connectivity index (χ0n) is 29.8. The van der Waals surface area contributed by atoms with Crippen molar-refractivity contribution in [1.29, 1.82) is 0 Å². The summed E-state index contributed by atoms with van der Waals surface area (Å²) in [7, 11) is -0.910. The van der Waals surface area contributed by atoms with Crippen LogP contribution < -0.4 is 30.5 Å². The molecule has 0 bridgehead atoms. The molecule has 252 valence electrons. The first-order valence-electron chi connectivity index (χ1n) is 18.1. The number of hydrogen-bond donors (Lipinski definition) is 0. The van der Waals surface area contributed by atoms with E-state index in [1.165, 1.54) is 60.9 Å². The summed E-state index contributed by atoms with van der Waals surface area (Å²) in [5.41, 5.74) is 11.9. The maximum Gasteiger partial charge on any atom is 0.138 e. The molecule has 1 atom stereocenters. The van der Waals surface area contributed by atoms with Gasteiger partial charge in [0.1, 0.15) is 11.5 Å². The largest absolute Gasteiger partial charge is 0.456 e. The number of fused-ring (bicyclic) bond motifs is 6. The molecule has 0 amide bonds. The Labute approximate surface area is 307 Å². The van der Waals surface area contributed by atoms with Gasteiger partial charge in [-0.1, -0.05) is 149 Å². The molecule has 0 radical (unpaired) electrons. The number of anilines is 6. The molecule has 10 rings (SSSR count). The Morgan fingerprint density at radius 3 is 1.29 bits per heavy atom. The first kappa shape index (κ1) is 31.1. The van der Waals surface area contributed by atoms with Crippen molar-refractivity contribution in [2.45, 2.75) is 38.5 Å². The summed E-state index contributed by atoms with van der Waals surface area (Å²) in [5, 5.41) is 3.77. The van der Waals surface area contributed by atoms with Crippen LogP contribution in [0.5, 0.6) is 11.5 Å². The lowest BCUT2D eigenvalue weighted by atomic mass is 9.73. The van der Waals surface area contributed by atoms with Crippen molar-refractivity contribution in [2.24, 2.45) is 0 Å². The second-order valence-electron chi connectivity index (χ2n) is 15.0. The van der Waals surface area contributed by atoms with Crippen molar-refractivity contribution < 1.29 is 4.74 Å². The summed E-state index contributed by atoms with van der Waals surface area (Å²) in [6.07, 6.45) is 0. The third-order valence-corrected chi connectivity index (χ3v) is 13.9. The number of nitrogens with zero attached hydrogens (tertiary/aromatic N) is 2. The van der Waals surface area contributed by atoms with Crippen molar-refractivity contribution in [3.8, 4) is 11.5 Å². The maximum atomic E-state index is 6.96. The van der Waals surface area contributed by atoms with E-state index in [1.54, 1.807) is 0 Å². The molecule has 4 heteroatoms. The summed E-state index contributed by atoms with van der Waals surface area (Å²) < 4.78 is 6.96. The molecule has 52 heavy (non-hydrogen) atoms. The van der Waals surface area contributed by atoms with Gasteiger partial charge in [-0.3, -0.25) is 0 Å². The van der Waals surface area contributed by atoms with Crippen LogP contribution in [0.2, 0.25) is 0 Å². The maximum absolute atomic E-state index is 6.96. The van der Waals surface area contributed by atoms with E-state index in [9.17, 15) is 0 Å². The molecule has 3 heterocycles. The second-order valence-corrected chi connectivity index (χ2v) is 17.2. The zero-order chi connectivity index (χ0) is 35.2. The minimum Gasteiger partial charge on any atom is -0.456 e. The summed E-state index contributed by atoms with van der Waals surface area (Å²) in [6.45, 7) is 9.41. The topological polar surface area (TPSA) is 15.7 Å². The smallest absolute Gasteiger partial charge is 0.138 e. The Morgan fingerprint density at radius 2 is 0.788 bits per heavy atom. The average Bonchev–Trinajstić information content (AvgIpc) is 3.18. The molecule has 0 N–H and O–H groups in total. The van der Waals surface area contributed by atoms with Gasteiger partial charge in [0.2, 0.25) is 0 Å². The lowest BCUT2D eigenvalue weighted by molar-refractivity contribution is 0.489. The molecule has 7 aromatic carbocycles. The second kappa shape index (κ2) is 11.4. The van der Waals surface area contributed by atoms with Gasteiger partial charge >= 0.3 is 0 Å². The predicted molar refractivity (Wildman–Crippen MR) is 219 cm³/mol. The van der Waals surface area contributed by atoms with Crippen molar-refractivity contribution in [2.75, 3.05) is 9.80 Å². The third-order valence-electron chi connectivity index (χ3n) is 11.4. The Hall–Kier alpha value is -5.63. The number of rotatable bonds is 3. The summed E-state index contributed by atoms with van der Waals surface area (Å²) in [4.78, 5) is 5.01. The summed E-state index contributed by atoms with van der Waals surface area (Å²) in [5.74, 6) is 1.84. The van der Waals surface area contributed by atoms with Crippen LogP contribution in [0.3, 0.4) is 0 Å². The molecule has 3 nitrogen and oxygen atoms in total. The zero-order valence-corrected chi connectivity index (χ0v) is 30.7. The highest BCUT2D eigenvalue weighted by molar-refractivity contribution is 7.80. The number of para-hydroxylation sites is 5. The third kappa shape index (κ3) is 4.42. The molecule has 0 fully saturated rings. The van der Waals surface area contributed by atoms with E-state index in [0.29, 0.717) is 0 Å². The molecule has 0 aliphatic carbocycles. The van der Waals surface area contributed by atoms with Crippen LogP contribution in [0.15, 0.2) is 164 Å². The van der Waals surface area contributed by atoms with E-state index in [1.807, 2.05) is 0 Å². The Morgan fingerprint density at radius 1 is 0.385 bits per heavy atom. The van der Waals surface area contributed by atoms with Gasteiger partial charge in [-0.25, -0.2) is 0 Å². The van der Waals surface area contributed by atoms with E-state index >= 15 is 0 Å². The van der Waals surface area contributed by atoms with Crippen molar-refractivity contribution in [3.63, 3.8) is 0 Å². The first-order valence-corrected chi connectivity index (χ1v) is 19.5. The summed E-state index contributed by atoms with van der Waals surface area (Å²) in [6, 6.07) is 60.1. The fraction of sp³-hybridized carbons (Fsp3) is 0.125. The van der Waals surface area contributed by atoms with Crippen LogP contribution in [0.1, 0.15) is 49.9 Å². The normalized spacial score (nSPS) is 17.0. The van der Waals surface area contributed by atoms with Gasteiger partial charge in [0.05, 0.1) is 34.1 Å². The molecular weight excluding hydrogens is 652 g/mol. The minimum atomic E-state index is -0.910. The van der Waals surface area contributed by atoms with Gasteiger partial charge in [0.15, 0.2) is 0 Å². The van der Waals surface area contributed by atoms with E-state index in [4.69, 9.17) is 4.74 Å². The van der Waals surface area contributed by atoms with Crippen LogP contribution in [-0.2, 0) is 10.8 Å². The number of ether oxygens (including phenoxy) is 1. The first-order chi connectivity index (χ1) is 25.3. The van der Waals surface area contributed by atoms with E-state index < -0.39 is 7.92 Å². The molecule has 0 saturated carbocycles. The van der Waals surface area contributed by atoms with Gasteiger partial charge in [0.25, 0.3) is 0 Å². The highest BCUT2D eigenvalue weighted by Gasteiger charge is 2.42. The minimum absolute atomic E-state index is 0.175. The number of benzene rings is 7. The monoisotopic (exact) mass is 690 g/mol. The lowest BCUT2D eigenvalue weighted by Gasteiger charge is -2.46. The van der Waals surface area contributed by atoms with Crippen LogP contribution in [0.4, 0.5) is 34.1 Å². The van der Waals surface area contributed by atoms with Crippen LogP contribution in [-0.4, -0.2) is 0 Å². The molecule has 3 aliphatic heterocycles. The molecule has 7 aromatic rings. The van der Waals surface area contributed by atoms with Crippen molar-refractivity contribution in [1.82, 2.24) is 0 Å². The molecule has 0 aromatic heterocycles. The quantitative estimate of drug-likeness (QED) is 0.172. The van der Waals surface area contributed by atoms with Gasteiger partial charge < -0.3 is 14.5 Å². The molecule has 1 unspecified atom stereocenters. The Balaban J connectivity index is 1.33. The predicted octanol–water partition coefficient (Wildman–Crippen LogP) is 11.8. The van der Waals surface area contributed by atoms with E-state index in [0.717, 1.165) is 22.9 Å². The standard InChI is InChI=1S/C48H39N2OP/c1-47(2)33-20-8-12-24-37(33)49(38-25-13-9-21-34(38)47)41-30-44-46(52(32-18-6-5-7-19-32)45-29-17-16-28-43(45)51-44)31-42(41)50-39-26-14-10-22-35(39)48(3,4)36-23-11-15-27-40(36)50/h5-31H,1-4H3. The average molecular weight is 691 g/mol. The van der Waals surface area contributed by atoms with Crippen molar-refractivity contribution in [3.05, 3.63) is 186 Å². The molecular formula is C48H39N2OP. The van der Waals surface area contributed by atoms with Crippen LogP contribution in [0.25, 0.3) is 0 Å².